The summed E-state index contributed by atoms with van der Waals surface area (Å²) < 4.78 is 0. The maximum absolute atomic E-state index is 12.0. The third kappa shape index (κ3) is 5.06. The topological polar surface area (TPSA) is 85.2 Å². The molecule has 0 radical (unpaired) electrons. The number of rotatable bonds is 5. The number of anilines is 1. The normalized spacial score (nSPS) is 10.7. The number of hydrogen-bond acceptors (Lipinski definition) is 4. The molecule has 0 spiro atoms. The molecule has 116 valence electrons. The molecule has 3 N–H and O–H groups in total. The Morgan fingerprint density at radius 2 is 2.00 bits per heavy atom. The Kier molecular flexibility index (Phi) is 5.61. The lowest BCUT2D eigenvalue weighted by atomic mass is 10.2. The van der Waals surface area contributed by atoms with Gasteiger partial charge in [-0.1, -0.05) is 23.7 Å². The summed E-state index contributed by atoms with van der Waals surface area (Å²) in [5.74, 6) is -0.431. The van der Waals surface area contributed by atoms with Gasteiger partial charge in [-0.3, -0.25) is 4.79 Å². The van der Waals surface area contributed by atoms with Crippen molar-refractivity contribution in [3.63, 3.8) is 0 Å². The van der Waals surface area contributed by atoms with Crippen molar-refractivity contribution in [3.8, 4) is 11.8 Å². The zero-order valence-electron chi connectivity index (χ0n) is 12.1. The van der Waals surface area contributed by atoms with Crippen molar-refractivity contribution in [1.29, 1.82) is 5.26 Å². The average molecular weight is 328 g/mol. The Bertz CT molecular complexity index is 764. The summed E-state index contributed by atoms with van der Waals surface area (Å²) in [4.78, 5) is 12.0. The van der Waals surface area contributed by atoms with Gasteiger partial charge in [0.05, 0.1) is 0 Å². The smallest absolute Gasteiger partial charge is 0.267 e. The Labute approximate surface area is 138 Å². The molecule has 0 bridgehead atoms. The molecule has 1 amide bonds. The van der Waals surface area contributed by atoms with Crippen molar-refractivity contribution >= 4 is 23.2 Å². The van der Waals surface area contributed by atoms with Crippen LogP contribution in [-0.2, 0) is 11.3 Å². The van der Waals surface area contributed by atoms with Crippen molar-refractivity contribution in [2.45, 2.75) is 6.54 Å². The number of aromatic hydroxyl groups is 1. The molecule has 2 rings (SSSR count). The maximum Gasteiger partial charge on any atom is 0.267 e. The lowest BCUT2D eigenvalue weighted by Gasteiger charge is -2.05. The van der Waals surface area contributed by atoms with Gasteiger partial charge in [0.15, 0.2) is 0 Å². The number of carbonyl (C=O) groups is 1. The highest BCUT2D eigenvalue weighted by Crippen LogP contribution is 2.14. The van der Waals surface area contributed by atoms with Crippen LogP contribution in [0.3, 0.4) is 0 Å². The van der Waals surface area contributed by atoms with Crippen molar-refractivity contribution in [2.75, 3.05) is 5.32 Å². The zero-order valence-corrected chi connectivity index (χ0v) is 12.8. The molecule has 5 nitrogen and oxygen atoms in total. The van der Waals surface area contributed by atoms with E-state index in [0.717, 1.165) is 5.56 Å². The lowest BCUT2D eigenvalue weighted by Crippen LogP contribution is -2.16. The fourth-order valence-electron chi connectivity index (χ4n) is 1.81. The Morgan fingerprint density at radius 3 is 2.65 bits per heavy atom. The largest absolute Gasteiger partial charge is 0.508 e. The Hall–Kier alpha value is -2.97. The fourth-order valence-corrected chi connectivity index (χ4v) is 2.02. The summed E-state index contributed by atoms with van der Waals surface area (Å²) in [6.45, 7) is 0.443. The van der Waals surface area contributed by atoms with Crippen LogP contribution in [0.4, 0.5) is 5.69 Å². The molecule has 6 heteroatoms. The lowest BCUT2D eigenvalue weighted by molar-refractivity contribution is -0.112. The van der Waals surface area contributed by atoms with Crippen LogP contribution in [0.2, 0.25) is 5.02 Å². The third-order valence-electron chi connectivity index (χ3n) is 2.93. The SMILES string of the molecule is N#C/C(=C/NCc1cccc(Cl)c1)C(=O)Nc1ccc(O)cc1. The first kappa shape index (κ1) is 16.4. The molecule has 0 saturated heterocycles. The van der Waals surface area contributed by atoms with Gasteiger partial charge in [-0.15, -0.1) is 0 Å². The molecule has 0 saturated carbocycles. The van der Waals surface area contributed by atoms with E-state index in [4.69, 9.17) is 16.9 Å². The van der Waals surface area contributed by atoms with Gasteiger partial charge in [0.25, 0.3) is 5.91 Å². The fraction of sp³-hybridized carbons (Fsp3) is 0.0588. The number of phenolic OH excluding ortho intramolecular Hbond substituents is 1. The number of benzene rings is 2. The molecule has 0 fully saturated rings. The van der Waals surface area contributed by atoms with Crippen LogP contribution >= 0.6 is 11.6 Å². The van der Waals surface area contributed by atoms with Gasteiger partial charge in [0.2, 0.25) is 0 Å². The minimum Gasteiger partial charge on any atom is -0.508 e. The van der Waals surface area contributed by atoms with E-state index in [1.54, 1.807) is 24.3 Å². The van der Waals surface area contributed by atoms with E-state index < -0.39 is 5.91 Å². The van der Waals surface area contributed by atoms with Gasteiger partial charge < -0.3 is 15.7 Å². The van der Waals surface area contributed by atoms with E-state index in [0.29, 0.717) is 17.3 Å². The molecular weight excluding hydrogens is 314 g/mol. The first-order valence-corrected chi connectivity index (χ1v) is 7.15. The standard InChI is InChI=1S/C17H14ClN3O2/c18-14-3-1-2-12(8-14)10-20-11-13(9-19)17(23)21-15-4-6-16(22)7-5-15/h1-8,11,20,22H,10H2,(H,21,23)/b13-11-. The highest BCUT2D eigenvalue weighted by atomic mass is 35.5. The number of hydrogen-bond donors (Lipinski definition) is 3. The summed E-state index contributed by atoms with van der Waals surface area (Å²) in [5.41, 5.74) is 1.37. The van der Waals surface area contributed by atoms with Gasteiger partial charge in [0, 0.05) is 23.5 Å². The third-order valence-corrected chi connectivity index (χ3v) is 3.17. The van der Waals surface area contributed by atoms with Crippen molar-refractivity contribution in [2.24, 2.45) is 0 Å². The second-order valence-electron chi connectivity index (χ2n) is 4.68. The molecule has 0 aliphatic heterocycles. The number of nitrogens with zero attached hydrogens (tertiary/aromatic N) is 1. The van der Waals surface area contributed by atoms with Gasteiger partial charge in [0.1, 0.15) is 17.4 Å². The van der Waals surface area contributed by atoms with Gasteiger partial charge in [-0.05, 0) is 42.0 Å². The number of phenols is 1. The average Bonchev–Trinajstić information content (AvgIpc) is 2.54. The number of halogens is 1. The van der Waals surface area contributed by atoms with E-state index in [-0.39, 0.29) is 11.3 Å². The second kappa shape index (κ2) is 7.87. The van der Waals surface area contributed by atoms with Crippen LogP contribution in [0.1, 0.15) is 5.56 Å². The molecule has 2 aromatic carbocycles. The van der Waals surface area contributed by atoms with E-state index in [1.807, 2.05) is 18.2 Å². The van der Waals surface area contributed by atoms with E-state index in [9.17, 15) is 9.90 Å². The number of carbonyl (C=O) groups excluding carboxylic acids is 1. The van der Waals surface area contributed by atoms with E-state index in [2.05, 4.69) is 10.6 Å². The van der Waals surface area contributed by atoms with Gasteiger partial charge in [-0.25, -0.2) is 0 Å². The molecule has 23 heavy (non-hydrogen) atoms. The molecule has 0 unspecified atom stereocenters. The highest BCUT2D eigenvalue weighted by molar-refractivity contribution is 6.30. The summed E-state index contributed by atoms with van der Waals surface area (Å²) >= 11 is 5.89. The summed E-state index contributed by atoms with van der Waals surface area (Å²) in [6, 6.07) is 15.1. The molecule has 0 aliphatic carbocycles. The quantitative estimate of drug-likeness (QED) is 0.447. The van der Waals surface area contributed by atoms with Crippen molar-refractivity contribution in [1.82, 2.24) is 5.32 Å². The number of amides is 1. The summed E-state index contributed by atoms with van der Waals surface area (Å²) in [6.07, 6.45) is 1.36. The number of nitriles is 1. The van der Waals surface area contributed by atoms with Gasteiger partial charge >= 0.3 is 0 Å². The van der Waals surface area contributed by atoms with Crippen LogP contribution in [0.15, 0.2) is 60.3 Å². The zero-order chi connectivity index (χ0) is 16.7. The molecule has 0 aliphatic rings. The highest BCUT2D eigenvalue weighted by Gasteiger charge is 2.09. The summed E-state index contributed by atoms with van der Waals surface area (Å²) in [5, 5.41) is 24.4. The van der Waals surface area contributed by atoms with E-state index in [1.165, 1.54) is 18.3 Å². The maximum atomic E-state index is 12.0. The van der Waals surface area contributed by atoms with Crippen molar-refractivity contribution in [3.05, 3.63) is 70.9 Å². The Balaban J connectivity index is 1.96. The van der Waals surface area contributed by atoms with Crippen LogP contribution < -0.4 is 10.6 Å². The molecule has 0 atom stereocenters. The minimum absolute atomic E-state index is 0.0555. The molecule has 0 aromatic heterocycles. The first-order valence-electron chi connectivity index (χ1n) is 6.77. The Morgan fingerprint density at radius 1 is 1.26 bits per heavy atom. The van der Waals surface area contributed by atoms with E-state index >= 15 is 0 Å². The number of nitrogens with one attached hydrogen (secondary N) is 2. The predicted molar refractivity (Wildman–Crippen MR) is 88.7 cm³/mol. The van der Waals surface area contributed by atoms with Crippen molar-refractivity contribution < 1.29 is 9.90 Å². The summed E-state index contributed by atoms with van der Waals surface area (Å²) in [7, 11) is 0. The van der Waals surface area contributed by atoms with Gasteiger partial charge in [-0.2, -0.15) is 5.26 Å². The molecular formula is C17H14ClN3O2. The first-order chi connectivity index (χ1) is 11.1. The predicted octanol–water partition coefficient (Wildman–Crippen LogP) is 3.18. The van der Waals surface area contributed by atoms with Crippen LogP contribution in [0, 0.1) is 11.3 Å². The monoisotopic (exact) mass is 327 g/mol. The van der Waals surface area contributed by atoms with Crippen LogP contribution in [-0.4, -0.2) is 11.0 Å². The second-order valence-corrected chi connectivity index (χ2v) is 5.12. The molecule has 2 aromatic rings. The minimum atomic E-state index is -0.531. The van der Waals surface area contributed by atoms with Crippen LogP contribution in [0.25, 0.3) is 0 Å². The molecule has 0 heterocycles. The van der Waals surface area contributed by atoms with Crippen LogP contribution in [0.5, 0.6) is 5.75 Å².